The molecule has 0 amide bonds. The SMILES string of the molecule is COc1ccc([C@H]2Oc3ccc(Br)cc3[C@H]3CC(c4ccco4)=NN32)cc1. The molecule has 2 atom stereocenters. The standard InChI is InChI=1S/C21H17BrN2O3/c1-25-15-7-4-13(5-8-15)21-24-18(12-17(23-24)20-3-2-10-26-20)16-11-14(22)6-9-19(16)27-21/h2-11,18,21H,12H2,1H3/t18-,21-/m1/s1. The number of ether oxygens (including phenoxy) is 2. The summed E-state index contributed by atoms with van der Waals surface area (Å²) < 4.78 is 18.2. The second-order valence-corrected chi connectivity index (χ2v) is 7.47. The van der Waals surface area contributed by atoms with E-state index in [0.717, 1.165) is 45.0 Å². The Kier molecular flexibility index (Phi) is 3.93. The molecule has 0 saturated carbocycles. The first-order chi connectivity index (χ1) is 13.2. The first kappa shape index (κ1) is 16.4. The van der Waals surface area contributed by atoms with Gasteiger partial charge in [0.25, 0.3) is 0 Å². The van der Waals surface area contributed by atoms with Crippen LogP contribution in [0.25, 0.3) is 0 Å². The lowest BCUT2D eigenvalue weighted by Gasteiger charge is -2.38. The van der Waals surface area contributed by atoms with Crippen LogP contribution in [0.3, 0.4) is 0 Å². The minimum absolute atomic E-state index is 0.0958. The van der Waals surface area contributed by atoms with E-state index in [1.807, 2.05) is 53.5 Å². The monoisotopic (exact) mass is 424 g/mol. The van der Waals surface area contributed by atoms with E-state index in [1.165, 1.54) is 0 Å². The molecule has 3 heterocycles. The average Bonchev–Trinajstić information content (AvgIpc) is 3.37. The number of fused-ring (bicyclic) bond motifs is 3. The van der Waals surface area contributed by atoms with E-state index in [1.54, 1.807) is 13.4 Å². The lowest BCUT2D eigenvalue weighted by molar-refractivity contribution is -0.0191. The molecule has 0 spiro atoms. The van der Waals surface area contributed by atoms with Crippen LogP contribution in [-0.2, 0) is 0 Å². The van der Waals surface area contributed by atoms with Gasteiger partial charge in [0.1, 0.15) is 23.0 Å². The number of methoxy groups -OCH3 is 1. The van der Waals surface area contributed by atoms with Crippen LogP contribution in [-0.4, -0.2) is 17.8 Å². The van der Waals surface area contributed by atoms with E-state index in [2.05, 4.69) is 22.0 Å². The van der Waals surface area contributed by atoms with Crippen molar-refractivity contribution >= 4 is 21.6 Å². The Morgan fingerprint density at radius 3 is 2.74 bits per heavy atom. The molecule has 2 aromatic carbocycles. The molecule has 0 radical (unpaired) electrons. The summed E-state index contributed by atoms with van der Waals surface area (Å²) in [5, 5.41) is 6.90. The van der Waals surface area contributed by atoms with Gasteiger partial charge in [0.15, 0.2) is 0 Å². The van der Waals surface area contributed by atoms with Gasteiger partial charge in [-0.15, -0.1) is 0 Å². The summed E-state index contributed by atoms with van der Waals surface area (Å²) in [6.45, 7) is 0. The maximum absolute atomic E-state index is 6.35. The predicted molar refractivity (Wildman–Crippen MR) is 105 cm³/mol. The van der Waals surface area contributed by atoms with E-state index in [9.17, 15) is 0 Å². The van der Waals surface area contributed by atoms with Gasteiger partial charge < -0.3 is 13.9 Å². The van der Waals surface area contributed by atoms with Crippen LogP contribution >= 0.6 is 15.9 Å². The molecular weight excluding hydrogens is 408 g/mol. The lowest BCUT2D eigenvalue weighted by atomic mass is 9.97. The van der Waals surface area contributed by atoms with E-state index >= 15 is 0 Å². The molecule has 0 N–H and O–H groups in total. The first-order valence-corrected chi connectivity index (χ1v) is 9.52. The van der Waals surface area contributed by atoms with Crippen LogP contribution in [0.1, 0.15) is 35.6 Å². The van der Waals surface area contributed by atoms with Gasteiger partial charge in [-0.2, -0.15) is 5.10 Å². The molecule has 27 heavy (non-hydrogen) atoms. The maximum Gasteiger partial charge on any atom is 0.213 e. The molecule has 0 fully saturated rings. The summed E-state index contributed by atoms with van der Waals surface area (Å²) in [6, 6.07) is 18.0. The Balaban J connectivity index is 1.59. The molecule has 0 aliphatic carbocycles. The molecule has 2 aliphatic heterocycles. The zero-order valence-electron chi connectivity index (χ0n) is 14.6. The number of halogens is 1. The minimum Gasteiger partial charge on any atom is -0.497 e. The molecule has 0 unspecified atom stereocenters. The van der Waals surface area contributed by atoms with Crippen molar-refractivity contribution in [3.8, 4) is 11.5 Å². The lowest BCUT2D eigenvalue weighted by Crippen LogP contribution is -2.33. The van der Waals surface area contributed by atoms with Crippen LogP contribution in [0.2, 0.25) is 0 Å². The van der Waals surface area contributed by atoms with Gasteiger partial charge in [-0.3, -0.25) is 0 Å². The Labute approximate surface area is 165 Å². The van der Waals surface area contributed by atoms with Gasteiger partial charge in [-0.25, -0.2) is 5.01 Å². The zero-order chi connectivity index (χ0) is 18.4. The summed E-state index contributed by atoms with van der Waals surface area (Å²) in [6.07, 6.45) is 2.14. The Morgan fingerprint density at radius 2 is 2.00 bits per heavy atom. The fourth-order valence-electron chi connectivity index (χ4n) is 3.64. The Bertz CT molecular complexity index is 999. The molecule has 2 aliphatic rings. The van der Waals surface area contributed by atoms with Gasteiger partial charge in [-0.1, -0.05) is 15.9 Å². The van der Waals surface area contributed by atoms with Crippen molar-refractivity contribution in [2.75, 3.05) is 7.11 Å². The minimum atomic E-state index is -0.304. The molecule has 3 aromatic rings. The van der Waals surface area contributed by atoms with Crippen molar-refractivity contribution in [2.45, 2.75) is 18.7 Å². The quantitative estimate of drug-likeness (QED) is 0.572. The summed E-state index contributed by atoms with van der Waals surface area (Å²) in [5.74, 6) is 2.50. The number of rotatable bonds is 3. The van der Waals surface area contributed by atoms with E-state index < -0.39 is 0 Å². The summed E-state index contributed by atoms with van der Waals surface area (Å²) in [4.78, 5) is 0. The molecule has 5 nitrogen and oxygen atoms in total. The largest absolute Gasteiger partial charge is 0.497 e. The topological polar surface area (TPSA) is 47.2 Å². The van der Waals surface area contributed by atoms with Crippen molar-refractivity contribution in [3.63, 3.8) is 0 Å². The van der Waals surface area contributed by atoms with E-state index in [4.69, 9.17) is 19.0 Å². The summed E-state index contributed by atoms with van der Waals surface area (Å²) in [7, 11) is 1.66. The van der Waals surface area contributed by atoms with E-state index in [0.29, 0.717) is 0 Å². The predicted octanol–water partition coefficient (Wildman–Crippen LogP) is 5.29. The van der Waals surface area contributed by atoms with Gasteiger partial charge >= 0.3 is 0 Å². The molecular formula is C21H17BrN2O3. The number of hydrogen-bond donors (Lipinski definition) is 0. The van der Waals surface area contributed by atoms with Crippen molar-refractivity contribution in [2.24, 2.45) is 5.10 Å². The van der Waals surface area contributed by atoms with Crippen molar-refractivity contribution in [1.82, 2.24) is 5.01 Å². The highest BCUT2D eigenvalue weighted by Crippen LogP contribution is 2.48. The molecule has 1 aromatic heterocycles. The van der Waals surface area contributed by atoms with Crippen molar-refractivity contribution in [3.05, 3.63) is 82.2 Å². The number of hydrogen-bond acceptors (Lipinski definition) is 5. The molecule has 6 heteroatoms. The maximum atomic E-state index is 6.35. The zero-order valence-corrected chi connectivity index (χ0v) is 16.2. The highest BCUT2D eigenvalue weighted by Gasteiger charge is 2.41. The van der Waals surface area contributed by atoms with Crippen LogP contribution in [0.15, 0.2) is 74.9 Å². The van der Waals surface area contributed by atoms with Crippen LogP contribution < -0.4 is 9.47 Å². The molecule has 0 saturated heterocycles. The smallest absolute Gasteiger partial charge is 0.213 e. The van der Waals surface area contributed by atoms with Crippen molar-refractivity contribution in [1.29, 1.82) is 0 Å². The molecule has 136 valence electrons. The van der Waals surface area contributed by atoms with Crippen LogP contribution in [0.5, 0.6) is 11.5 Å². The van der Waals surface area contributed by atoms with E-state index in [-0.39, 0.29) is 12.3 Å². The first-order valence-electron chi connectivity index (χ1n) is 8.72. The van der Waals surface area contributed by atoms with Crippen LogP contribution in [0.4, 0.5) is 0 Å². The van der Waals surface area contributed by atoms with Crippen molar-refractivity contribution < 1.29 is 13.9 Å². The fourth-order valence-corrected chi connectivity index (χ4v) is 4.02. The Hall–Kier alpha value is -2.73. The fraction of sp³-hybridized carbons (Fsp3) is 0.190. The third-order valence-corrected chi connectivity index (χ3v) is 5.45. The van der Waals surface area contributed by atoms with Gasteiger partial charge in [0, 0.05) is 22.0 Å². The Morgan fingerprint density at radius 1 is 1.15 bits per heavy atom. The molecule has 5 rings (SSSR count). The van der Waals surface area contributed by atoms with Gasteiger partial charge in [0.05, 0.1) is 19.4 Å². The summed E-state index contributed by atoms with van der Waals surface area (Å²) >= 11 is 3.57. The van der Waals surface area contributed by atoms with Gasteiger partial charge in [0.2, 0.25) is 6.23 Å². The van der Waals surface area contributed by atoms with Gasteiger partial charge in [-0.05, 0) is 54.6 Å². The third kappa shape index (κ3) is 2.80. The number of benzene rings is 2. The van der Waals surface area contributed by atoms with Crippen LogP contribution in [0, 0.1) is 0 Å². The number of hydrazone groups is 1. The second kappa shape index (κ2) is 6.46. The highest BCUT2D eigenvalue weighted by atomic mass is 79.9. The normalized spacial score (nSPS) is 20.5. The number of nitrogens with zero attached hydrogens (tertiary/aromatic N) is 2. The second-order valence-electron chi connectivity index (χ2n) is 6.55. The highest BCUT2D eigenvalue weighted by molar-refractivity contribution is 9.10. The average molecular weight is 425 g/mol. The molecule has 0 bridgehead atoms. The number of furan rings is 1. The summed E-state index contributed by atoms with van der Waals surface area (Å²) in [5.41, 5.74) is 3.08. The third-order valence-electron chi connectivity index (χ3n) is 4.96.